The highest BCUT2D eigenvalue weighted by molar-refractivity contribution is 5.77. The number of aryl methyl sites for hydroxylation is 2. The first-order valence-corrected chi connectivity index (χ1v) is 9.79. The Labute approximate surface area is 168 Å². The molecule has 1 saturated heterocycles. The molecule has 0 saturated carbocycles. The lowest BCUT2D eigenvalue weighted by Crippen LogP contribution is -2.42. The van der Waals surface area contributed by atoms with Gasteiger partial charge in [0.05, 0.1) is 22.9 Å². The molecule has 29 heavy (non-hydrogen) atoms. The summed E-state index contributed by atoms with van der Waals surface area (Å²) in [5.74, 6) is 0.558. The standard InChI is InChI=1S/C21H23N5O3/c1-15-6-7-19(24-23-15)29-16-8-11-25(12-9-16)20(27)10-13-26-14-22-18-5-3-2-4-17(18)21(26)28/h2-7,14,16H,8-13H2,1H3. The first kappa shape index (κ1) is 19.0. The summed E-state index contributed by atoms with van der Waals surface area (Å²) in [5.41, 5.74) is 1.40. The molecule has 0 spiro atoms. The van der Waals surface area contributed by atoms with E-state index < -0.39 is 0 Å². The third kappa shape index (κ3) is 4.42. The Balaban J connectivity index is 1.29. The number of amides is 1. The van der Waals surface area contributed by atoms with Gasteiger partial charge in [0, 0.05) is 45.0 Å². The number of rotatable bonds is 5. The van der Waals surface area contributed by atoms with Gasteiger partial charge < -0.3 is 9.64 Å². The van der Waals surface area contributed by atoms with Crippen LogP contribution in [0.5, 0.6) is 5.88 Å². The van der Waals surface area contributed by atoms with Crippen LogP contribution in [0.3, 0.4) is 0 Å². The number of likely N-dealkylation sites (tertiary alicyclic amines) is 1. The molecule has 3 heterocycles. The Hall–Kier alpha value is -3.29. The maximum absolute atomic E-state index is 12.6. The van der Waals surface area contributed by atoms with Crippen LogP contribution in [0.1, 0.15) is 25.0 Å². The summed E-state index contributed by atoms with van der Waals surface area (Å²) in [4.78, 5) is 31.2. The fourth-order valence-corrected chi connectivity index (χ4v) is 3.48. The Kier molecular flexibility index (Phi) is 5.50. The van der Waals surface area contributed by atoms with Gasteiger partial charge in [0.2, 0.25) is 11.8 Å². The molecule has 1 aromatic carbocycles. The normalized spacial score (nSPS) is 14.9. The molecule has 1 aliphatic heterocycles. The third-order valence-electron chi connectivity index (χ3n) is 5.15. The number of nitrogens with zero attached hydrogens (tertiary/aromatic N) is 5. The zero-order chi connectivity index (χ0) is 20.2. The van der Waals surface area contributed by atoms with Crippen LogP contribution >= 0.6 is 0 Å². The van der Waals surface area contributed by atoms with Crippen molar-refractivity contribution in [2.24, 2.45) is 0 Å². The first-order valence-electron chi connectivity index (χ1n) is 9.79. The molecule has 3 aromatic rings. The molecule has 150 valence electrons. The van der Waals surface area contributed by atoms with Gasteiger partial charge in [-0.05, 0) is 25.1 Å². The molecule has 0 unspecified atom stereocenters. The number of piperidine rings is 1. The van der Waals surface area contributed by atoms with Crippen molar-refractivity contribution in [2.45, 2.75) is 38.8 Å². The molecule has 0 radical (unpaired) electrons. The second-order valence-electron chi connectivity index (χ2n) is 7.22. The molecule has 1 amide bonds. The van der Waals surface area contributed by atoms with Crippen molar-refractivity contribution in [3.8, 4) is 5.88 Å². The van der Waals surface area contributed by atoms with E-state index in [1.807, 2.05) is 36.1 Å². The molecule has 2 aromatic heterocycles. The summed E-state index contributed by atoms with van der Waals surface area (Å²) in [6.45, 7) is 3.47. The molecular weight excluding hydrogens is 370 g/mol. The number of carbonyl (C=O) groups is 1. The Morgan fingerprint density at radius 1 is 1.14 bits per heavy atom. The number of ether oxygens (including phenoxy) is 1. The molecule has 0 bridgehead atoms. The molecule has 8 nitrogen and oxygen atoms in total. The van der Waals surface area contributed by atoms with Crippen LogP contribution in [-0.4, -0.2) is 49.7 Å². The van der Waals surface area contributed by atoms with Crippen LogP contribution in [0, 0.1) is 6.92 Å². The zero-order valence-electron chi connectivity index (χ0n) is 16.3. The van der Waals surface area contributed by atoms with Crippen LogP contribution in [-0.2, 0) is 11.3 Å². The molecule has 0 atom stereocenters. The smallest absolute Gasteiger partial charge is 0.261 e. The van der Waals surface area contributed by atoms with Gasteiger partial charge in [0.1, 0.15) is 6.10 Å². The molecule has 4 rings (SSSR count). The molecular formula is C21H23N5O3. The van der Waals surface area contributed by atoms with E-state index >= 15 is 0 Å². The van der Waals surface area contributed by atoms with Crippen molar-refractivity contribution in [3.63, 3.8) is 0 Å². The van der Waals surface area contributed by atoms with Crippen molar-refractivity contribution in [2.75, 3.05) is 13.1 Å². The SMILES string of the molecule is Cc1ccc(OC2CCN(C(=O)CCn3cnc4ccccc4c3=O)CC2)nn1. The largest absolute Gasteiger partial charge is 0.473 e. The van der Waals surface area contributed by atoms with Crippen molar-refractivity contribution < 1.29 is 9.53 Å². The third-order valence-corrected chi connectivity index (χ3v) is 5.15. The van der Waals surface area contributed by atoms with Gasteiger partial charge in [0.25, 0.3) is 5.56 Å². The highest BCUT2D eigenvalue weighted by Crippen LogP contribution is 2.17. The zero-order valence-corrected chi connectivity index (χ0v) is 16.3. The number of hydrogen-bond donors (Lipinski definition) is 0. The van der Waals surface area contributed by atoms with Crippen LogP contribution in [0.4, 0.5) is 0 Å². The van der Waals surface area contributed by atoms with Crippen molar-refractivity contribution in [3.05, 3.63) is 58.8 Å². The Morgan fingerprint density at radius 2 is 1.93 bits per heavy atom. The lowest BCUT2D eigenvalue weighted by molar-refractivity contribution is -0.133. The minimum absolute atomic E-state index is 0.0309. The molecule has 8 heteroatoms. The van der Waals surface area contributed by atoms with Gasteiger partial charge in [-0.1, -0.05) is 12.1 Å². The van der Waals surface area contributed by atoms with Crippen LogP contribution in [0.25, 0.3) is 10.9 Å². The number of hydrogen-bond acceptors (Lipinski definition) is 6. The van der Waals surface area contributed by atoms with Gasteiger partial charge in [-0.2, -0.15) is 5.10 Å². The Bertz CT molecular complexity index is 1060. The summed E-state index contributed by atoms with van der Waals surface area (Å²) in [7, 11) is 0. The van der Waals surface area contributed by atoms with E-state index in [2.05, 4.69) is 15.2 Å². The molecule has 0 N–H and O–H groups in total. The van der Waals surface area contributed by atoms with E-state index in [1.165, 1.54) is 10.9 Å². The van der Waals surface area contributed by atoms with E-state index in [4.69, 9.17) is 4.74 Å². The topological polar surface area (TPSA) is 90.2 Å². The van der Waals surface area contributed by atoms with Crippen molar-refractivity contribution in [1.29, 1.82) is 0 Å². The summed E-state index contributed by atoms with van der Waals surface area (Å²) in [5, 5.41) is 8.59. The van der Waals surface area contributed by atoms with Crippen molar-refractivity contribution in [1.82, 2.24) is 24.6 Å². The number of fused-ring (bicyclic) bond motifs is 1. The van der Waals surface area contributed by atoms with Crippen molar-refractivity contribution >= 4 is 16.8 Å². The second kappa shape index (κ2) is 8.38. The van der Waals surface area contributed by atoms with Gasteiger partial charge >= 0.3 is 0 Å². The second-order valence-corrected chi connectivity index (χ2v) is 7.22. The maximum Gasteiger partial charge on any atom is 0.261 e. The van der Waals surface area contributed by atoms with Crippen LogP contribution in [0.15, 0.2) is 47.5 Å². The maximum atomic E-state index is 12.6. The fraction of sp³-hybridized carbons (Fsp3) is 0.381. The number of benzene rings is 1. The van der Waals surface area contributed by atoms with E-state index in [1.54, 1.807) is 12.1 Å². The number of aromatic nitrogens is 4. The van der Waals surface area contributed by atoms with E-state index in [0.717, 1.165) is 18.5 Å². The Morgan fingerprint density at radius 3 is 2.69 bits per heavy atom. The quantitative estimate of drug-likeness (QED) is 0.658. The average molecular weight is 393 g/mol. The van der Waals surface area contributed by atoms with Gasteiger partial charge in [0.15, 0.2) is 0 Å². The first-order chi connectivity index (χ1) is 14.1. The average Bonchev–Trinajstić information content (AvgIpc) is 2.75. The highest BCUT2D eigenvalue weighted by Gasteiger charge is 2.24. The highest BCUT2D eigenvalue weighted by atomic mass is 16.5. The predicted molar refractivity (Wildman–Crippen MR) is 108 cm³/mol. The van der Waals surface area contributed by atoms with Crippen LogP contribution in [0.2, 0.25) is 0 Å². The van der Waals surface area contributed by atoms with Crippen LogP contribution < -0.4 is 10.3 Å². The minimum atomic E-state index is -0.116. The lowest BCUT2D eigenvalue weighted by Gasteiger charge is -2.32. The van der Waals surface area contributed by atoms with E-state index in [9.17, 15) is 9.59 Å². The summed E-state index contributed by atoms with van der Waals surface area (Å²) < 4.78 is 7.37. The molecule has 0 aliphatic carbocycles. The minimum Gasteiger partial charge on any atom is -0.473 e. The fourth-order valence-electron chi connectivity index (χ4n) is 3.48. The summed E-state index contributed by atoms with van der Waals surface area (Å²) >= 11 is 0. The van der Waals surface area contributed by atoms with E-state index in [0.29, 0.717) is 36.4 Å². The van der Waals surface area contributed by atoms with Gasteiger partial charge in [-0.15, -0.1) is 5.10 Å². The monoisotopic (exact) mass is 393 g/mol. The molecule has 1 fully saturated rings. The van der Waals surface area contributed by atoms with Gasteiger partial charge in [-0.25, -0.2) is 4.98 Å². The van der Waals surface area contributed by atoms with E-state index in [-0.39, 0.29) is 24.0 Å². The summed E-state index contributed by atoms with van der Waals surface area (Å²) in [6.07, 6.45) is 3.32. The predicted octanol–water partition coefficient (Wildman–Crippen LogP) is 1.96. The number of carbonyl (C=O) groups excluding carboxylic acids is 1. The summed E-state index contributed by atoms with van der Waals surface area (Å²) in [6, 6.07) is 10.9. The lowest BCUT2D eigenvalue weighted by atomic mass is 10.1. The molecule has 1 aliphatic rings. The number of para-hydroxylation sites is 1. The van der Waals surface area contributed by atoms with Gasteiger partial charge in [-0.3, -0.25) is 14.2 Å².